The molecule has 88 valence electrons. The predicted molar refractivity (Wildman–Crippen MR) is 69.3 cm³/mol. The molecule has 1 amide bonds. The van der Waals surface area contributed by atoms with Gasteiger partial charge in [0, 0.05) is 10.7 Å². The Morgan fingerprint density at radius 3 is 2.82 bits per heavy atom. The van der Waals surface area contributed by atoms with E-state index in [9.17, 15) is 4.79 Å². The number of aromatic nitrogens is 3. The Kier molecular flexibility index (Phi) is 3.49. The number of hydrogen-bond donors (Lipinski definition) is 1. The molecule has 1 N–H and O–H groups in total. The van der Waals surface area contributed by atoms with E-state index in [4.69, 9.17) is 0 Å². The average Bonchev–Trinajstić information content (AvgIpc) is 2.68. The Morgan fingerprint density at radius 1 is 1.47 bits per heavy atom. The second-order valence-electron chi connectivity index (χ2n) is 3.46. The molecule has 7 heteroatoms. The van der Waals surface area contributed by atoms with E-state index in [-0.39, 0.29) is 5.91 Å². The van der Waals surface area contributed by atoms with Crippen LogP contribution in [0.4, 0.5) is 5.82 Å². The second-order valence-corrected chi connectivity index (χ2v) is 5.13. The van der Waals surface area contributed by atoms with Gasteiger partial charge in [0.15, 0.2) is 0 Å². The minimum atomic E-state index is -0.226. The number of carbonyl (C=O) groups excluding carboxylic acids is 1. The SMILES string of the molecule is Cc1cc(Br)cnc1NC(=O)c1snnc1C. The van der Waals surface area contributed by atoms with Gasteiger partial charge in [0.25, 0.3) is 5.91 Å². The largest absolute Gasteiger partial charge is 0.306 e. The van der Waals surface area contributed by atoms with E-state index in [1.54, 1.807) is 13.1 Å². The normalized spacial score (nSPS) is 10.3. The Morgan fingerprint density at radius 2 is 2.24 bits per heavy atom. The van der Waals surface area contributed by atoms with E-state index in [0.29, 0.717) is 16.4 Å². The molecule has 0 spiro atoms. The fourth-order valence-corrected chi connectivity index (χ4v) is 2.27. The number of carbonyl (C=O) groups is 1. The molecule has 2 rings (SSSR count). The van der Waals surface area contributed by atoms with Crippen LogP contribution in [0.2, 0.25) is 0 Å². The zero-order valence-electron chi connectivity index (χ0n) is 9.19. The molecule has 0 aliphatic heterocycles. The number of anilines is 1. The summed E-state index contributed by atoms with van der Waals surface area (Å²) >= 11 is 4.40. The molecule has 0 atom stereocenters. The summed E-state index contributed by atoms with van der Waals surface area (Å²) in [6.07, 6.45) is 1.64. The third kappa shape index (κ3) is 2.67. The quantitative estimate of drug-likeness (QED) is 0.925. The summed E-state index contributed by atoms with van der Waals surface area (Å²) in [6, 6.07) is 1.89. The van der Waals surface area contributed by atoms with Crippen molar-refractivity contribution in [3.8, 4) is 0 Å². The smallest absolute Gasteiger partial charge is 0.270 e. The van der Waals surface area contributed by atoms with Crippen molar-refractivity contribution >= 4 is 39.2 Å². The van der Waals surface area contributed by atoms with Crippen LogP contribution in [-0.2, 0) is 0 Å². The van der Waals surface area contributed by atoms with E-state index in [1.165, 1.54) is 0 Å². The van der Waals surface area contributed by atoms with Crippen molar-refractivity contribution in [2.24, 2.45) is 0 Å². The lowest BCUT2D eigenvalue weighted by molar-refractivity contribution is 0.102. The van der Waals surface area contributed by atoms with Crippen molar-refractivity contribution in [1.29, 1.82) is 0 Å². The van der Waals surface area contributed by atoms with Gasteiger partial charge < -0.3 is 5.32 Å². The first-order chi connectivity index (χ1) is 8.08. The molecule has 2 heterocycles. The number of nitrogens with zero attached hydrogens (tertiary/aromatic N) is 3. The van der Waals surface area contributed by atoms with Crippen LogP contribution in [0.15, 0.2) is 16.7 Å². The molecule has 0 fully saturated rings. The van der Waals surface area contributed by atoms with Gasteiger partial charge in [0.2, 0.25) is 0 Å². The lowest BCUT2D eigenvalue weighted by atomic mass is 10.3. The van der Waals surface area contributed by atoms with Gasteiger partial charge in [0.1, 0.15) is 10.7 Å². The van der Waals surface area contributed by atoms with Crippen LogP contribution < -0.4 is 5.32 Å². The molecule has 0 aliphatic rings. The van der Waals surface area contributed by atoms with Crippen LogP contribution in [0.25, 0.3) is 0 Å². The molecule has 2 aromatic rings. The van der Waals surface area contributed by atoms with Crippen LogP contribution >= 0.6 is 27.5 Å². The molecule has 0 aromatic carbocycles. The highest BCUT2D eigenvalue weighted by atomic mass is 79.9. The molecular weight excluding hydrogens is 304 g/mol. The highest BCUT2D eigenvalue weighted by molar-refractivity contribution is 9.10. The number of rotatable bonds is 2. The first-order valence-corrected chi connectivity index (χ1v) is 6.37. The maximum absolute atomic E-state index is 11.9. The van der Waals surface area contributed by atoms with Crippen molar-refractivity contribution in [2.75, 3.05) is 5.32 Å². The maximum atomic E-state index is 11.9. The fourth-order valence-electron chi connectivity index (χ4n) is 1.28. The van der Waals surface area contributed by atoms with Gasteiger partial charge in [-0.1, -0.05) is 4.49 Å². The molecular formula is C10H9BrN4OS. The molecule has 0 aliphatic carbocycles. The molecule has 17 heavy (non-hydrogen) atoms. The molecule has 5 nitrogen and oxygen atoms in total. The number of halogens is 1. The van der Waals surface area contributed by atoms with Crippen molar-refractivity contribution in [3.05, 3.63) is 32.9 Å². The van der Waals surface area contributed by atoms with Crippen molar-refractivity contribution in [2.45, 2.75) is 13.8 Å². The van der Waals surface area contributed by atoms with Crippen LogP contribution in [0, 0.1) is 13.8 Å². The molecule has 0 radical (unpaired) electrons. The Labute approximate surface area is 111 Å². The third-order valence-corrected chi connectivity index (χ3v) is 3.39. The van der Waals surface area contributed by atoms with E-state index in [0.717, 1.165) is 21.6 Å². The third-order valence-electron chi connectivity index (χ3n) is 2.13. The summed E-state index contributed by atoms with van der Waals surface area (Å²) in [4.78, 5) is 16.6. The summed E-state index contributed by atoms with van der Waals surface area (Å²) in [5.74, 6) is 0.321. The average molecular weight is 313 g/mol. The first-order valence-electron chi connectivity index (χ1n) is 4.80. The van der Waals surface area contributed by atoms with Gasteiger partial charge in [-0.15, -0.1) is 5.10 Å². The van der Waals surface area contributed by atoms with Gasteiger partial charge in [-0.25, -0.2) is 4.98 Å². The number of pyridine rings is 1. The minimum absolute atomic E-state index is 0.226. The number of hydrogen-bond acceptors (Lipinski definition) is 5. The number of aryl methyl sites for hydroxylation is 2. The first kappa shape index (κ1) is 12.1. The zero-order valence-corrected chi connectivity index (χ0v) is 11.6. The van der Waals surface area contributed by atoms with Crippen LogP contribution in [-0.4, -0.2) is 20.5 Å². The Balaban J connectivity index is 2.22. The van der Waals surface area contributed by atoms with Crippen LogP contribution in [0.3, 0.4) is 0 Å². The highest BCUT2D eigenvalue weighted by Gasteiger charge is 2.14. The topological polar surface area (TPSA) is 67.8 Å². The summed E-state index contributed by atoms with van der Waals surface area (Å²) < 4.78 is 4.60. The zero-order chi connectivity index (χ0) is 12.4. The van der Waals surface area contributed by atoms with E-state index in [1.807, 2.05) is 13.0 Å². The fraction of sp³-hybridized carbons (Fsp3) is 0.200. The summed E-state index contributed by atoms with van der Waals surface area (Å²) in [7, 11) is 0. The highest BCUT2D eigenvalue weighted by Crippen LogP contribution is 2.18. The van der Waals surface area contributed by atoms with Crippen molar-refractivity contribution < 1.29 is 4.79 Å². The molecule has 0 saturated carbocycles. The number of nitrogens with one attached hydrogen (secondary N) is 1. The molecule has 0 bridgehead atoms. The summed E-state index contributed by atoms with van der Waals surface area (Å²) in [5.41, 5.74) is 1.52. The van der Waals surface area contributed by atoms with Gasteiger partial charge in [-0.3, -0.25) is 4.79 Å². The van der Waals surface area contributed by atoms with Gasteiger partial charge in [-0.2, -0.15) is 0 Å². The van der Waals surface area contributed by atoms with Gasteiger partial charge in [-0.05, 0) is 52.9 Å². The van der Waals surface area contributed by atoms with Gasteiger partial charge in [0.05, 0.1) is 5.69 Å². The second kappa shape index (κ2) is 4.89. The summed E-state index contributed by atoms with van der Waals surface area (Å²) in [6.45, 7) is 3.63. The lowest BCUT2D eigenvalue weighted by Crippen LogP contribution is -2.13. The van der Waals surface area contributed by atoms with Crippen molar-refractivity contribution in [1.82, 2.24) is 14.6 Å². The van der Waals surface area contributed by atoms with Crippen LogP contribution in [0.1, 0.15) is 20.9 Å². The van der Waals surface area contributed by atoms with Crippen molar-refractivity contribution in [3.63, 3.8) is 0 Å². The lowest BCUT2D eigenvalue weighted by Gasteiger charge is -2.06. The molecule has 0 saturated heterocycles. The molecule has 2 aromatic heterocycles. The summed E-state index contributed by atoms with van der Waals surface area (Å²) in [5, 5.41) is 6.54. The molecule has 0 unspecified atom stereocenters. The Bertz CT molecular complexity index is 569. The standard InChI is InChI=1S/C10H9BrN4OS/c1-5-3-7(11)4-12-9(5)13-10(16)8-6(2)14-15-17-8/h3-4H,1-2H3,(H,12,13,16). The van der Waals surface area contributed by atoms with Crippen LogP contribution in [0.5, 0.6) is 0 Å². The minimum Gasteiger partial charge on any atom is -0.306 e. The maximum Gasteiger partial charge on any atom is 0.270 e. The van der Waals surface area contributed by atoms with E-state index >= 15 is 0 Å². The van der Waals surface area contributed by atoms with E-state index in [2.05, 4.69) is 35.8 Å². The van der Waals surface area contributed by atoms with Gasteiger partial charge >= 0.3 is 0 Å². The monoisotopic (exact) mass is 312 g/mol. The number of amides is 1. The van der Waals surface area contributed by atoms with E-state index < -0.39 is 0 Å². The Hall–Kier alpha value is -1.34. The predicted octanol–water partition coefficient (Wildman–Crippen LogP) is 2.56.